The number of hydrogen-bond donors (Lipinski definition) is 1. The van der Waals surface area contributed by atoms with Gasteiger partial charge in [-0.25, -0.2) is 0 Å². The van der Waals surface area contributed by atoms with E-state index in [2.05, 4.69) is 24.3 Å². The minimum absolute atomic E-state index is 0.0491. The Balaban J connectivity index is 1.63. The lowest BCUT2D eigenvalue weighted by atomic mass is 9.78. The molecule has 0 fully saturated rings. The molecule has 0 heterocycles. The number of hydrogen-bond acceptors (Lipinski definition) is 2. The molecule has 2 aromatic carbocycles. The van der Waals surface area contributed by atoms with Crippen LogP contribution in [0.4, 0.5) is 0 Å². The molecule has 2 aromatic rings. The maximum absolute atomic E-state index is 5.90. The fourth-order valence-corrected chi connectivity index (χ4v) is 2.60. The smallest absolute Gasteiger partial charge is 0.119 e. The Bertz CT molecular complexity index is 577. The summed E-state index contributed by atoms with van der Waals surface area (Å²) in [7, 11) is 0. The second-order valence-electron chi connectivity index (χ2n) is 5.27. The molecular formula is C17H19NO. The standard InChI is InChI=1S/C17H19NO/c1-12(18)13-6-4-7-16(10-13)19-11-15-9-14-5-2-3-8-17(14)15/h2-8,10,12,15H,9,11,18H2,1H3/t12-,15?/m1/s1. The largest absolute Gasteiger partial charge is 0.493 e. The molecule has 0 bridgehead atoms. The van der Waals surface area contributed by atoms with Crippen LogP contribution in [0.3, 0.4) is 0 Å². The molecule has 3 rings (SSSR count). The van der Waals surface area contributed by atoms with Gasteiger partial charge in [0.15, 0.2) is 0 Å². The molecule has 19 heavy (non-hydrogen) atoms. The molecule has 0 saturated carbocycles. The van der Waals surface area contributed by atoms with Gasteiger partial charge < -0.3 is 10.5 Å². The van der Waals surface area contributed by atoms with Crippen LogP contribution < -0.4 is 10.5 Å². The van der Waals surface area contributed by atoms with Crippen LogP contribution in [-0.2, 0) is 6.42 Å². The van der Waals surface area contributed by atoms with Crippen LogP contribution in [-0.4, -0.2) is 6.61 Å². The Morgan fingerprint density at radius 2 is 2.05 bits per heavy atom. The van der Waals surface area contributed by atoms with Gasteiger partial charge in [0.05, 0.1) is 6.61 Å². The van der Waals surface area contributed by atoms with E-state index < -0.39 is 0 Å². The summed E-state index contributed by atoms with van der Waals surface area (Å²) in [6.07, 6.45) is 1.13. The van der Waals surface area contributed by atoms with Crippen molar-refractivity contribution >= 4 is 0 Å². The minimum Gasteiger partial charge on any atom is -0.493 e. The van der Waals surface area contributed by atoms with E-state index in [-0.39, 0.29) is 6.04 Å². The van der Waals surface area contributed by atoms with Crippen LogP contribution in [0.5, 0.6) is 5.75 Å². The van der Waals surface area contributed by atoms with Crippen molar-refractivity contribution in [2.75, 3.05) is 6.61 Å². The Hall–Kier alpha value is -1.80. The summed E-state index contributed by atoms with van der Waals surface area (Å²) in [5.41, 5.74) is 9.90. The zero-order valence-electron chi connectivity index (χ0n) is 11.2. The maximum atomic E-state index is 5.90. The molecule has 0 radical (unpaired) electrons. The monoisotopic (exact) mass is 253 g/mol. The minimum atomic E-state index is 0.0491. The van der Waals surface area contributed by atoms with Gasteiger partial charge in [-0.1, -0.05) is 36.4 Å². The van der Waals surface area contributed by atoms with Crippen molar-refractivity contribution in [2.45, 2.75) is 25.3 Å². The SMILES string of the molecule is C[C@@H](N)c1cccc(OCC2Cc3ccccc32)c1. The molecule has 2 nitrogen and oxygen atoms in total. The first kappa shape index (κ1) is 12.2. The Kier molecular flexibility index (Phi) is 3.26. The maximum Gasteiger partial charge on any atom is 0.119 e. The van der Waals surface area contributed by atoms with E-state index in [4.69, 9.17) is 10.5 Å². The fraction of sp³-hybridized carbons (Fsp3) is 0.294. The summed E-state index contributed by atoms with van der Waals surface area (Å²) >= 11 is 0. The van der Waals surface area contributed by atoms with Crippen molar-refractivity contribution in [2.24, 2.45) is 5.73 Å². The topological polar surface area (TPSA) is 35.2 Å². The van der Waals surface area contributed by atoms with Crippen molar-refractivity contribution in [3.05, 3.63) is 65.2 Å². The number of benzene rings is 2. The summed E-state index contributed by atoms with van der Waals surface area (Å²) in [5, 5.41) is 0. The summed E-state index contributed by atoms with van der Waals surface area (Å²) < 4.78 is 5.90. The molecule has 0 spiro atoms. The van der Waals surface area contributed by atoms with Gasteiger partial charge in [-0.15, -0.1) is 0 Å². The predicted octanol–water partition coefficient (Wildman–Crippen LogP) is 3.43. The zero-order valence-corrected chi connectivity index (χ0v) is 11.2. The van der Waals surface area contributed by atoms with Crippen LogP contribution >= 0.6 is 0 Å². The first-order valence-electron chi connectivity index (χ1n) is 6.80. The molecule has 2 heteroatoms. The van der Waals surface area contributed by atoms with Crippen molar-refractivity contribution in [3.8, 4) is 5.75 Å². The molecule has 1 aliphatic carbocycles. The van der Waals surface area contributed by atoms with Gasteiger partial charge in [0.1, 0.15) is 5.75 Å². The van der Waals surface area contributed by atoms with Gasteiger partial charge in [-0.2, -0.15) is 0 Å². The highest BCUT2D eigenvalue weighted by atomic mass is 16.5. The molecule has 0 amide bonds. The lowest BCUT2D eigenvalue weighted by Gasteiger charge is -2.29. The number of nitrogens with two attached hydrogens (primary N) is 1. The normalized spacial score (nSPS) is 18.3. The molecule has 1 unspecified atom stereocenters. The summed E-state index contributed by atoms with van der Waals surface area (Å²) in [6.45, 7) is 2.74. The lowest BCUT2D eigenvalue weighted by molar-refractivity contribution is 0.275. The highest BCUT2D eigenvalue weighted by Gasteiger charge is 2.25. The van der Waals surface area contributed by atoms with Crippen molar-refractivity contribution in [3.63, 3.8) is 0 Å². The lowest BCUT2D eigenvalue weighted by Crippen LogP contribution is -2.23. The third-order valence-electron chi connectivity index (χ3n) is 3.80. The molecule has 0 aromatic heterocycles. The number of fused-ring (bicyclic) bond motifs is 1. The van der Waals surface area contributed by atoms with E-state index in [0.717, 1.165) is 24.3 Å². The fourth-order valence-electron chi connectivity index (χ4n) is 2.60. The van der Waals surface area contributed by atoms with Crippen LogP contribution in [0, 0.1) is 0 Å². The third kappa shape index (κ3) is 2.49. The van der Waals surface area contributed by atoms with E-state index in [1.165, 1.54) is 11.1 Å². The summed E-state index contributed by atoms with van der Waals surface area (Å²) in [6, 6.07) is 16.7. The van der Waals surface area contributed by atoms with Crippen molar-refractivity contribution < 1.29 is 4.74 Å². The van der Waals surface area contributed by atoms with E-state index in [1.807, 2.05) is 31.2 Å². The van der Waals surface area contributed by atoms with Gasteiger partial charge in [-0.3, -0.25) is 0 Å². The summed E-state index contributed by atoms with van der Waals surface area (Å²) in [5.74, 6) is 1.45. The van der Waals surface area contributed by atoms with Crippen LogP contribution in [0.15, 0.2) is 48.5 Å². The van der Waals surface area contributed by atoms with Gasteiger partial charge in [0, 0.05) is 12.0 Å². The first-order valence-corrected chi connectivity index (χ1v) is 6.80. The highest BCUT2D eigenvalue weighted by Crippen LogP contribution is 2.35. The van der Waals surface area contributed by atoms with E-state index in [0.29, 0.717) is 5.92 Å². The molecule has 0 saturated heterocycles. The van der Waals surface area contributed by atoms with Crippen LogP contribution in [0.1, 0.15) is 35.6 Å². The molecule has 98 valence electrons. The van der Waals surface area contributed by atoms with Gasteiger partial charge >= 0.3 is 0 Å². The average Bonchev–Trinajstić information content (AvgIpc) is 2.40. The second-order valence-corrected chi connectivity index (χ2v) is 5.27. The zero-order chi connectivity index (χ0) is 13.2. The highest BCUT2D eigenvalue weighted by molar-refractivity contribution is 5.40. The van der Waals surface area contributed by atoms with Crippen molar-refractivity contribution in [1.29, 1.82) is 0 Å². The Morgan fingerprint density at radius 1 is 1.21 bits per heavy atom. The van der Waals surface area contributed by atoms with Gasteiger partial charge in [-0.05, 0) is 42.2 Å². The predicted molar refractivity (Wildman–Crippen MR) is 77.4 cm³/mol. The average molecular weight is 253 g/mol. The molecule has 2 atom stereocenters. The Morgan fingerprint density at radius 3 is 2.84 bits per heavy atom. The first-order chi connectivity index (χ1) is 9.24. The molecular weight excluding hydrogens is 234 g/mol. The van der Waals surface area contributed by atoms with Gasteiger partial charge in [0.2, 0.25) is 0 Å². The Labute approximate surface area is 114 Å². The van der Waals surface area contributed by atoms with Crippen LogP contribution in [0.2, 0.25) is 0 Å². The van der Waals surface area contributed by atoms with E-state index >= 15 is 0 Å². The third-order valence-corrected chi connectivity index (χ3v) is 3.80. The molecule has 1 aliphatic rings. The number of ether oxygens (including phenoxy) is 1. The van der Waals surface area contributed by atoms with Gasteiger partial charge in [0.25, 0.3) is 0 Å². The van der Waals surface area contributed by atoms with E-state index in [1.54, 1.807) is 0 Å². The summed E-state index contributed by atoms with van der Waals surface area (Å²) in [4.78, 5) is 0. The molecule has 2 N–H and O–H groups in total. The second kappa shape index (κ2) is 5.06. The van der Waals surface area contributed by atoms with E-state index in [9.17, 15) is 0 Å². The molecule has 0 aliphatic heterocycles. The van der Waals surface area contributed by atoms with Crippen LogP contribution in [0.25, 0.3) is 0 Å². The van der Waals surface area contributed by atoms with Crippen molar-refractivity contribution in [1.82, 2.24) is 0 Å². The number of rotatable bonds is 4. The quantitative estimate of drug-likeness (QED) is 0.906.